The van der Waals surface area contributed by atoms with Gasteiger partial charge >= 0.3 is 71.1 Å². The van der Waals surface area contributed by atoms with Gasteiger partial charge in [0.05, 0.1) is 6.42 Å². The van der Waals surface area contributed by atoms with Gasteiger partial charge in [-0.3, -0.25) is 14.1 Å². The topological polar surface area (TPSA) is 144 Å². The normalized spacial score (nSPS) is 11.6. The molecule has 0 aliphatic rings. The van der Waals surface area contributed by atoms with E-state index in [1.807, 2.05) is 0 Å². The molecule has 8 nitrogen and oxygen atoms in total. The predicted octanol–water partition coefficient (Wildman–Crippen LogP) is -7.55. The van der Waals surface area contributed by atoms with Gasteiger partial charge in [-0.1, -0.05) is 0 Å². The Hall–Kier alpha value is 0.810. The summed E-state index contributed by atoms with van der Waals surface area (Å²) in [6, 6.07) is 0. The summed E-state index contributed by atoms with van der Waals surface area (Å²) in [5.74, 6) is -2.87. The van der Waals surface area contributed by atoms with Crippen LogP contribution in [0.3, 0.4) is 0 Å². The van der Waals surface area contributed by atoms with Crippen molar-refractivity contribution in [2.75, 3.05) is 13.2 Å². The summed E-state index contributed by atoms with van der Waals surface area (Å²) >= 11 is 0. The summed E-state index contributed by atoms with van der Waals surface area (Å²) in [4.78, 5) is 21.2. The summed E-state index contributed by atoms with van der Waals surface area (Å²) in [7, 11) is -4.79. The molecule has 0 rings (SSSR count). The second-order valence-corrected chi connectivity index (χ2v) is 4.16. The number of esters is 1. The van der Waals surface area contributed by atoms with Crippen LogP contribution in [-0.4, -0.2) is 48.4 Å². The minimum Gasteiger partial charge on any atom is -1.00 e. The summed E-state index contributed by atoms with van der Waals surface area (Å²) < 4.78 is 34.2. The van der Waals surface area contributed by atoms with E-state index < -0.39 is 33.7 Å². The summed E-state index contributed by atoms with van der Waals surface area (Å²) in [6.07, 6.45) is -1.05. The summed E-state index contributed by atoms with van der Waals surface area (Å²) in [6.45, 7) is -0.276. The summed E-state index contributed by atoms with van der Waals surface area (Å²) in [5, 5.41) is 6.20. The molecule has 11 heteroatoms. The Kier molecular flexibility index (Phi) is 14.5. The monoisotopic (exact) mass is 289 g/mol. The fourth-order valence-corrected chi connectivity index (χ4v) is 1.39. The molecular formula is C6H13NNa2O7S. The fourth-order valence-electron chi connectivity index (χ4n) is 0.721. The number of hydrogen-bond acceptors (Lipinski definition) is 6. The third-order valence-corrected chi connectivity index (χ3v) is 2.42. The number of carboxylic acid groups (broad SMARTS) is 1. The Bertz CT molecular complexity index is 353. The smallest absolute Gasteiger partial charge is 1.00 e. The minimum atomic E-state index is -4.79. The molecule has 1 unspecified atom stereocenters. The molecule has 4 N–H and O–H groups in total. The maximum atomic E-state index is 11.0. The first kappa shape index (κ1) is 22.9. The zero-order valence-electron chi connectivity index (χ0n) is 11.6. The minimum absolute atomic E-state index is 0. The van der Waals surface area contributed by atoms with Gasteiger partial charge in [0.1, 0.15) is 6.61 Å². The molecule has 0 aromatic heterocycles. The van der Waals surface area contributed by atoms with Crippen molar-refractivity contribution in [1.82, 2.24) is 0 Å². The van der Waals surface area contributed by atoms with Crippen molar-refractivity contribution in [2.45, 2.75) is 11.7 Å². The molecule has 1 atom stereocenters. The molecule has 0 aromatic rings. The van der Waals surface area contributed by atoms with Gasteiger partial charge in [-0.05, 0) is 0 Å². The van der Waals surface area contributed by atoms with Crippen LogP contribution in [0, 0.1) is 0 Å². The predicted molar refractivity (Wildman–Crippen MR) is 49.8 cm³/mol. The molecule has 0 radical (unpaired) electrons. The summed E-state index contributed by atoms with van der Waals surface area (Å²) in [5.41, 5.74) is 4.98. The van der Waals surface area contributed by atoms with Gasteiger partial charge < -0.3 is 18.4 Å². The molecule has 0 aromatic carbocycles. The first-order valence-electron chi connectivity index (χ1n) is 3.83. The van der Waals surface area contributed by atoms with Crippen molar-refractivity contribution in [1.29, 1.82) is 0 Å². The van der Waals surface area contributed by atoms with Gasteiger partial charge in [0, 0.05) is 6.54 Å². The van der Waals surface area contributed by atoms with E-state index in [9.17, 15) is 18.0 Å². The van der Waals surface area contributed by atoms with E-state index in [2.05, 4.69) is 4.74 Å². The number of hydrogen-bond donors (Lipinski definition) is 3. The first-order chi connectivity index (χ1) is 6.79. The maximum absolute atomic E-state index is 11.0. The molecule has 92 valence electrons. The second-order valence-electron chi connectivity index (χ2n) is 2.56. The van der Waals surface area contributed by atoms with Gasteiger partial charge in [0.15, 0.2) is 5.25 Å². The van der Waals surface area contributed by atoms with Gasteiger partial charge in [0.25, 0.3) is 10.1 Å². The van der Waals surface area contributed by atoms with Crippen molar-refractivity contribution in [3.63, 3.8) is 0 Å². The number of rotatable bonds is 6. The van der Waals surface area contributed by atoms with Crippen LogP contribution in [0.1, 0.15) is 9.27 Å². The van der Waals surface area contributed by atoms with Crippen LogP contribution < -0.4 is 64.8 Å². The Morgan fingerprint density at radius 2 is 1.82 bits per heavy atom. The van der Waals surface area contributed by atoms with E-state index in [1.165, 1.54) is 0 Å². The van der Waals surface area contributed by atoms with Gasteiger partial charge in [0.2, 0.25) is 0 Å². The largest absolute Gasteiger partial charge is 1.00 e. The first-order valence-corrected chi connectivity index (χ1v) is 5.34. The van der Waals surface area contributed by atoms with Crippen molar-refractivity contribution in [3.8, 4) is 0 Å². The van der Waals surface area contributed by atoms with Crippen LogP contribution >= 0.6 is 0 Å². The van der Waals surface area contributed by atoms with E-state index in [1.54, 1.807) is 0 Å². The molecule has 0 fully saturated rings. The van der Waals surface area contributed by atoms with Crippen molar-refractivity contribution >= 4 is 22.1 Å². The molecule has 0 heterocycles. The molecule has 0 amide bonds. The number of ether oxygens (including phenoxy) is 1. The van der Waals surface area contributed by atoms with Crippen LogP contribution in [0.5, 0.6) is 0 Å². The molecule has 0 spiro atoms. The number of nitrogens with two attached hydrogens (primary N) is 1. The quantitative estimate of drug-likeness (QED) is 0.248. The van der Waals surface area contributed by atoms with E-state index in [0.29, 0.717) is 0 Å². The molecule has 0 saturated heterocycles. The molecular weight excluding hydrogens is 276 g/mol. The van der Waals surface area contributed by atoms with Gasteiger partial charge in [-0.25, -0.2) is 0 Å². The average Bonchev–Trinajstić information content (AvgIpc) is 2.08. The van der Waals surface area contributed by atoms with E-state index in [0.717, 1.165) is 0 Å². The van der Waals surface area contributed by atoms with E-state index >= 15 is 0 Å². The van der Waals surface area contributed by atoms with E-state index in [-0.39, 0.29) is 75.1 Å². The molecule has 0 aliphatic heterocycles. The van der Waals surface area contributed by atoms with Crippen LogP contribution in [0.15, 0.2) is 0 Å². The number of aliphatic carboxylic acids is 1. The molecule has 0 aliphatic carbocycles. The number of carbonyl (C=O) groups excluding carboxylic acids is 1. The Morgan fingerprint density at radius 1 is 1.35 bits per heavy atom. The van der Waals surface area contributed by atoms with E-state index in [4.69, 9.17) is 15.4 Å². The molecule has 17 heavy (non-hydrogen) atoms. The van der Waals surface area contributed by atoms with Crippen molar-refractivity contribution in [3.05, 3.63) is 0 Å². The maximum Gasteiger partial charge on any atom is 1.00 e. The van der Waals surface area contributed by atoms with Crippen LogP contribution in [0.25, 0.3) is 0 Å². The Morgan fingerprint density at radius 3 is 2.12 bits per heavy atom. The third-order valence-electron chi connectivity index (χ3n) is 1.34. The SMILES string of the molecule is NCCOC(=O)C(CC(=O)O)S(=O)(=O)O.[H-].[H-].[Na+].[Na+]. The van der Waals surface area contributed by atoms with Crippen molar-refractivity contribution < 1.29 is 94.4 Å². The van der Waals surface area contributed by atoms with Crippen LogP contribution in [-0.2, 0) is 24.4 Å². The van der Waals surface area contributed by atoms with Crippen LogP contribution in [0.4, 0.5) is 0 Å². The molecule has 0 saturated carbocycles. The zero-order valence-corrected chi connectivity index (χ0v) is 14.4. The van der Waals surface area contributed by atoms with Gasteiger partial charge in [-0.15, -0.1) is 0 Å². The number of carbonyl (C=O) groups is 2. The second kappa shape index (κ2) is 10.7. The third kappa shape index (κ3) is 10.4. The standard InChI is InChI=1S/C6H11NO7S.2Na.2H/c7-1-2-14-6(10)4(3-5(8)9)15(11,12)13;;;;/h4H,1-3,7H2,(H,8,9)(H,11,12,13);;;;/q;2*+1;2*-1. The molecule has 0 bridgehead atoms. The van der Waals surface area contributed by atoms with Crippen LogP contribution in [0.2, 0.25) is 0 Å². The van der Waals surface area contributed by atoms with Crippen molar-refractivity contribution in [2.24, 2.45) is 5.73 Å². The van der Waals surface area contributed by atoms with Gasteiger partial charge in [-0.2, -0.15) is 8.42 Å². The zero-order chi connectivity index (χ0) is 12.1. The number of carboxylic acids is 1. The Labute approximate surface area is 146 Å². The fraction of sp³-hybridized carbons (Fsp3) is 0.667. The average molecular weight is 289 g/mol. The Balaban J connectivity index is -0.000000163.